The van der Waals surface area contributed by atoms with Crippen LogP contribution in [0.15, 0.2) is 53.6 Å². The lowest BCUT2D eigenvalue weighted by Gasteiger charge is -2.36. The second kappa shape index (κ2) is 12.4. The number of halogens is 2. The number of nitrogens with one attached hydrogen (secondary N) is 2. The van der Waals surface area contributed by atoms with Crippen LogP contribution in [0.4, 0.5) is 4.39 Å². The number of pyridine rings is 1. The molecule has 0 bridgehead atoms. The molecular weight excluding hydrogens is 593 g/mol. The van der Waals surface area contributed by atoms with Crippen LogP contribution in [0.25, 0.3) is 11.3 Å². The molecule has 2 aliphatic rings. The van der Waals surface area contributed by atoms with Crippen LogP contribution in [0.1, 0.15) is 22.5 Å². The average molecular weight is 622 g/mol. The fourth-order valence-electron chi connectivity index (χ4n) is 4.81. The first kappa shape index (κ1) is 29.4. The number of hydrogen-bond acceptors (Lipinski definition) is 8. The number of ether oxygens (including phenoxy) is 1. The first-order valence-corrected chi connectivity index (χ1v) is 15.7. The highest BCUT2D eigenvalue weighted by molar-refractivity contribution is 7.89. The van der Waals surface area contributed by atoms with Crippen molar-refractivity contribution in [1.82, 2.24) is 24.8 Å². The normalized spacial score (nSPS) is 16.8. The van der Waals surface area contributed by atoms with E-state index in [0.717, 1.165) is 36.3 Å². The van der Waals surface area contributed by atoms with Gasteiger partial charge < -0.3 is 15.0 Å². The molecule has 10 nitrogen and oxygen atoms in total. The Kier molecular flexibility index (Phi) is 8.90. The Morgan fingerprint density at radius 3 is 2.54 bits per heavy atom. The average Bonchev–Trinajstić information content (AvgIpc) is 3.74. The number of carbonyl (C=O) groups is 2. The van der Waals surface area contributed by atoms with Gasteiger partial charge in [-0.25, -0.2) is 12.8 Å². The molecular formula is C27H29ClFN5O5S2. The van der Waals surface area contributed by atoms with Crippen LogP contribution in [0.3, 0.4) is 0 Å². The van der Waals surface area contributed by atoms with Crippen LogP contribution in [0.5, 0.6) is 5.75 Å². The predicted molar refractivity (Wildman–Crippen MR) is 153 cm³/mol. The van der Waals surface area contributed by atoms with E-state index < -0.39 is 38.6 Å². The van der Waals surface area contributed by atoms with Crippen molar-refractivity contribution in [3.63, 3.8) is 0 Å². The summed E-state index contributed by atoms with van der Waals surface area (Å²) in [7, 11) is -3.26. The molecule has 1 aromatic carbocycles. The number of hydrogen-bond donors (Lipinski definition) is 2. The third-order valence-corrected chi connectivity index (χ3v) is 9.71. The Hall–Kier alpha value is -3.10. The fourth-order valence-corrected chi connectivity index (χ4v) is 7.16. The lowest BCUT2D eigenvalue weighted by atomic mass is 10.1. The number of nitrogens with zero attached hydrogens (tertiary/aromatic N) is 3. The SMILES string of the molecule is COc1c(-c2ccccn2)cc(F)cc1S(=O)(=O)N[C@@H](CNC(=O)c1ccc(Cl)s1)C(=O)N1CCN(C2CC2)CC1. The molecule has 14 heteroatoms. The van der Waals surface area contributed by atoms with Crippen LogP contribution in [0.2, 0.25) is 4.34 Å². The van der Waals surface area contributed by atoms with Crippen LogP contribution < -0.4 is 14.8 Å². The van der Waals surface area contributed by atoms with E-state index >= 15 is 0 Å². The maximum atomic E-state index is 14.8. The molecule has 2 N–H and O–H groups in total. The maximum absolute atomic E-state index is 14.8. The second-order valence-electron chi connectivity index (χ2n) is 9.78. The van der Waals surface area contributed by atoms with Gasteiger partial charge in [0.25, 0.3) is 5.91 Å². The molecule has 2 amide bonds. The summed E-state index contributed by atoms with van der Waals surface area (Å²) >= 11 is 7.00. The molecule has 2 fully saturated rings. The van der Waals surface area contributed by atoms with E-state index in [1.807, 2.05) is 0 Å². The highest BCUT2D eigenvalue weighted by Gasteiger charge is 2.36. The standard InChI is InChI=1S/C27H29ClFN5O5S2/c1-39-25-19(20-4-2-3-9-30-20)14-17(29)15-23(25)41(37,38)32-21(16-31-26(35)22-7-8-24(28)40-22)27(36)34-12-10-33(11-13-34)18-5-6-18/h2-4,7-9,14-15,18,21,32H,5-6,10-13,16H2,1H3,(H,31,35)/t21-/m0/s1. The van der Waals surface area contributed by atoms with Crippen molar-refractivity contribution in [3.8, 4) is 17.0 Å². The fraction of sp³-hybridized carbons (Fsp3) is 0.370. The van der Waals surface area contributed by atoms with Crippen molar-refractivity contribution in [1.29, 1.82) is 0 Å². The largest absolute Gasteiger partial charge is 0.495 e. The van der Waals surface area contributed by atoms with Gasteiger partial charge in [-0.3, -0.25) is 19.5 Å². The lowest BCUT2D eigenvalue weighted by molar-refractivity contribution is -0.134. The Bertz CT molecular complexity index is 1530. The third-order valence-electron chi connectivity index (χ3n) is 7.00. The molecule has 0 spiro atoms. The van der Waals surface area contributed by atoms with Gasteiger partial charge in [-0.05, 0) is 49.2 Å². The van der Waals surface area contributed by atoms with E-state index in [-0.39, 0.29) is 17.9 Å². The van der Waals surface area contributed by atoms with Crippen LogP contribution in [0, 0.1) is 5.82 Å². The summed E-state index contributed by atoms with van der Waals surface area (Å²) in [6.07, 6.45) is 3.78. The number of methoxy groups -OCH3 is 1. The zero-order valence-electron chi connectivity index (χ0n) is 22.2. The number of carbonyl (C=O) groups excluding carboxylic acids is 2. The molecule has 1 aliphatic carbocycles. The first-order valence-electron chi connectivity index (χ1n) is 13.0. The molecule has 1 aliphatic heterocycles. The molecule has 0 radical (unpaired) electrons. The number of piperazine rings is 1. The van der Waals surface area contributed by atoms with Crippen molar-refractivity contribution in [2.45, 2.75) is 29.8 Å². The van der Waals surface area contributed by atoms with E-state index in [1.165, 1.54) is 19.4 Å². The summed E-state index contributed by atoms with van der Waals surface area (Å²) in [6.45, 7) is 1.88. The van der Waals surface area contributed by atoms with Gasteiger partial charge in [0.2, 0.25) is 15.9 Å². The molecule has 218 valence electrons. The van der Waals surface area contributed by atoms with E-state index in [0.29, 0.717) is 47.1 Å². The monoisotopic (exact) mass is 621 g/mol. The number of benzene rings is 1. The van der Waals surface area contributed by atoms with Gasteiger partial charge >= 0.3 is 0 Å². The molecule has 2 aromatic heterocycles. The van der Waals surface area contributed by atoms with Crippen LogP contribution in [-0.2, 0) is 14.8 Å². The quantitative estimate of drug-likeness (QED) is 0.357. The van der Waals surface area contributed by atoms with Gasteiger partial charge in [-0.1, -0.05) is 17.7 Å². The number of amides is 2. The molecule has 5 rings (SSSR count). The molecule has 1 saturated heterocycles. The van der Waals surface area contributed by atoms with Gasteiger partial charge in [-0.15, -0.1) is 11.3 Å². The molecule has 1 saturated carbocycles. The second-order valence-corrected chi connectivity index (χ2v) is 13.2. The molecule has 3 heterocycles. The minimum absolute atomic E-state index is 0.126. The number of rotatable bonds is 10. The lowest BCUT2D eigenvalue weighted by Crippen LogP contribution is -2.58. The molecule has 3 aromatic rings. The topological polar surface area (TPSA) is 121 Å². The third kappa shape index (κ3) is 6.87. The van der Waals surface area contributed by atoms with Crippen LogP contribution in [-0.4, -0.2) is 86.9 Å². The number of sulfonamides is 1. The minimum atomic E-state index is -4.53. The Labute approximate surface area is 246 Å². The van der Waals surface area contributed by atoms with Gasteiger partial charge in [-0.2, -0.15) is 4.72 Å². The van der Waals surface area contributed by atoms with Crippen molar-refractivity contribution in [2.75, 3.05) is 39.8 Å². The zero-order chi connectivity index (χ0) is 29.1. The van der Waals surface area contributed by atoms with Gasteiger partial charge in [0, 0.05) is 50.5 Å². The van der Waals surface area contributed by atoms with Crippen molar-refractivity contribution < 1.29 is 27.1 Å². The van der Waals surface area contributed by atoms with E-state index in [2.05, 4.69) is 19.9 Å². The Morgan fingerprint density at radius 2 is 1.93 bits per heavy atom. The summed E-state index contributed by atoms with van der Waals surface area (Å²) in [6, 6.07) is 9.21. The molecule has 0 unspecified atom stereocenters. The molecule has 41 heavy (non-hydrogen) atoms. The summed E-state index contributed by atoms with van der Waals surface area (Å²) in [4.78, 5) is 34.3. The highest BCUT2D eigenvalue weighted by atomic mass is 35.5. The van der Waals surface area contributed by atoms with Gasteiger partial charge in [0.1, 0.15) is 22.5 Å². The predicted octanol–water partition coefficient (Wildman–Crippen LogP) is 2.99. The van der Waals surface area contributed by atoms with Crippen molar-refractivity contribution in [2.24, 2.45) is 0 Å². The maximum Gasteiger partial charge on any atom is 0.261 e. The van der Waals surface area contributed by atoms with Crippen molar-refractivity contribution >= 4 is 44.8 Å². The first-order chi connectivity index (χ1) is 19.7. The Morgan fingerprint density at radius 1 is 1.17 bits per heavy atom. The van der Waals surface area contributed by atoms with Gasteiger partial charge in [0.05, 0.1) is 22.0 Å². The summed E-state index contributed by atoms with van der Waals surface area (Å²) < 4.78 is 50.5. The number of thiophene rings is 1. The summed E-state index contributed by atoms with van der Waals surface area (Å²) in [5, 5.41) is 2.63. The minimum Gasteiger partial charge on any atom is -0.495 e. The van der Waals surface area contributed by atoms with E-state index in [4.69, 9.17) is 16.3 Å². The van der Waals surface area contributed by atoms with E-state index in [9.17, 15) is 22.4 Å². The van der Waals surface area contributed by atoms with E-state index in [1.54, 1.807) is 29.2 Å². The summed E-state index contributed by atoms with van der Waals surface area (Å²) in [5.41, 5.74) is 0.443. The highest BCUT2D eigenvalue weighted by Crippen LogP contribution is 2.36. The summed E-state index contributed by atoms with van der Waals surface area (Å²) in [5.74, 6) is -1.94. The van der Waals surface area contributed by atoms with Crippen LogP contribution >= 0.6 is 22.9 Å². The Balaban J connectivity index is 1.42. The van der Waals surface area contributed by atoms with Crippen molar-refractivity contribution in [3.05, 3.63) is 63.7 Å². The smallest absolute Gasteiger partial charge is 0.261 e. The number of aromatic nitrogens is 1. The van der Waals surface area contributed by atoms with Gasteiger partial charge in [0.15, 0.2) is 0 Å². The zero-order valence-corrected chi connectivity index (χ0v) is 24.6. The molecule has 1 atom stereocenters.